The molecule has 0 aliphatic carbocycles. The van der Waals surface area contributed by atoms with E-state index >= 15 is 0 Å². The van der Waals surface area contributed by atoms with E-state index in [0.29, 0.717) is 35.8 Å². The Balaban J connectivity index is 1.63. The number of carbonyl (C=O) groups is 1. The summed E-state index contributed by atoms with van der Waals surface area (Å²) in [7, 11) is -2.17. The summed E-state index contributed by atoms with van der Waals surface area (Å²) in [6, 6.07) is 11.8. The van der Waals surface area contributed by atoms with E-state index in [1.165, 1.54) is 0 Å². The summed E-state index contributed by atoms with van der Waals surface area (Å²) in [5.41, 5.74) is 2.15. The van der Waals surface area contributed by atoms with E-state index in [4.69, 9.17) is 4.74 Å². The maximum atomic E-state index is 13.0. The highest BCUT2D eigenvalue weighted by atomic mass is 32.2. The number of ether oxygens (including phenoxy) is 1. The number of aryl methyl sites for hydroxylation is 1. The number of hydrogen-bond acceptors (Lipinski definition) is 5. The molecule has 2 aromatic rings. The van der Waals surface area contributed by atoms with Gasteiger partial charge in [-0.15, -0.1) is 4.40 Å². The number of amidine groups is 1. The van der Waals surface area contributed by atoms with Crippen molar-refractivity contribution in [2.24, 2.45) is 4.40 Å². The molecule has 2 heterocycles. The highest BCUT2D eigenvalue weighted by molar-refractivity contribution is 7.90. The topological polar surface area (TPSA) is 88.1 Å². The molecule has 0 radical (unpaired) electrons. The third kappa shape index (κ3) is 3.13. The Kier molecular flexibility index (Phi) is 4.58. The van der Waals surface area contributed by atoms with E-state index < -0.39 is 16.1 Å². The van der Waals surface area contributed by atoms with Gasteiger partial charge in [-0.05, 0) is 49.6 Å². The molecule has 2 aromatic carbocycles. The van der Waals surface area contributed by atoms with Crippen molar-refractivity contribution < 1.29 is 17.9 Å². The molecule has 0 spiro atoms. The molecule has 8 heteroatoms. The van der Waals surface area contributed by atoms with Crippen LogP contribution in [0.5, 0.6) is 5.75 Å². The van der Waals surface area contributed by atoms with Crippen molar-refractivity contribution in [3.05, 3.63) is 53.6 Å². The van der Waals surface area contributed by atoms with Crippen LogP contribution in [0.2, 0.25) is 0 Å². The summed E-state index contributed by atoms with van der Waals surface area (Å²) >= 11 is 0. The van der Waals surface area contributed by atoms with Crippen LogP contribution in [-0.2, 0) is 14.8 Å². The van der Waals surface area contributed by atoms with Gasteiger partial charge in [0, 0.05) is 12.1 Å². The minimum Gasteiger partial charge on any atom is -0.495 e. The molecule has 1 amide bonds. The number of benzene rings is 2. The number of sulfonamides is 1. The zero-order chi connectivity index (χ0) is 19.9. The van der Waals surface area contributed by atoms with Crippen LogP contribution in [-0.4, -0.2) is 44.8 Å². The van der Waals surface area contributed by atoms with Gasteiger partial charge in [0.2, 0.25) is 5.91 Å². The second-order valence-electron chi connectivity index (χ2n) is 6.93. The van der Waals surface area contributed by atoms with Crippen LogP contribution >= 0.6 is 0 Å². The van der Waals surface area contributed by atoms with Crippen LogP contribution < -0.4 is 10.1 Å². The molecule has 0 bridgehead atoms. The lowest BCUT2D eigenvalue weighted by Crippen LogP contribution is -2.43. The Hall–Kier alpha value is -2.87. The van der Waals surface area contributed by atoms with E-state index in [1.54, 1.807) is 42.3 Å². The molecule has 2 aliphatic rings. The van der Waals surface area contributed by atoms with Gasteiger partial charge in [0.25, 0.3) is 10.0 Å². The van der Waals surface area contributed by atoms with Gasteiger partial charge >= 0.3 is 0 Å². The van der Waals surface area contributed by atoms with Gasteiger partial charge < -0.3 is 15.0 Å². The van der Waals surface area contributed by atoms with Crippen LogP contribution in [0.15, 0.2) is 51.8 Å². The predicted molar refractivity (Wildman–Crippen MR) is 106 cm³/mol. The van der Waals surface area contributed by atoms with Crippen molar-refractivity contribution >= 4 is 27.5 Å². The first-order valence-corrected chi connectivity index (χ1v) is 10.5. The molecule has 1 N–H and O–H groups in total. The van der Waals surface area contributed by atoms with Gasteiger partial charge in [-0.1, -0.05) is 18.2 Å². The number of amides is 1. The third-order valence-corrected chi connectivity index (χ3v) is 6.38. The first kappa shape index (κ1) is 18.5. The molecule has 146 valence electrons. The predicted octanol–water partition coefficient (Wildman–Crippen LogP) is 2.56. The van der Waals surface area contributed by atoms with E-state index in [0.717, 1.165) is 12.0 Å². The molecule has 1 fully saturated rings. The molecule has 7 nitrogen and oxygen atoms in total. The third-order valence-electron chi connectivity index (χ3n) is 5.05. The number of fused-ring (bicyclic) bond motifs is 1. The Morgan fingerprint density at radius 2 is 2.04 bits per heavy atom. The second kappa shape index (κ2) is 6.94. The molecule has 4 rings (SSSR count). The van der Waals surface area contributed by atoms with Gasteiger partial charge in [0.05, 0.1) is 12.8 Å². The fourth-order valence-electron chi connectivity index (χ4n) is 3.72. The fourth-order valence-corrected chi connectivity index (χ4v) is 4.94. The Morgan fingerprint density at radius 3 is 2.82 bits per heavy atom. The molecule has 1 atom stereocenters. The first-order chi connectivity index (χ1) is 13.4. The largest absolute Gasteiger partial charge is 0.495 e. The normalized spacial score (nSPS) is 19.9. The zero-order valence-corrected chi connectivity index (χ0v) is 16.5. The monoisotopic (exact) mass is 399 g/mol. The zero-order valence-electron chi connectivity index (χ0n) is 15.7. The fraction of sp³-hybridized carbons (Fsp3) is 0.300. The summed E-state index contributed by atoms with van der Waals surface area (Å²) in [6.07, 6.45) is 1.41. The summed E-state index contributed by atoms with van der Waals surface area (Å²) in [5, 5.41) is 2.93. The highest BCUT2D eigenvalue weighted by Gasteiger charge is 2.39. The average molecular weight is 399 g/mol. The number of methoxy groups -OCH3 is 1. The number of rotatable bonds is 3. The molecule has 0 unspecified atom stereocenters. The van der Waals surface area contributed by atoms with Gasteiger partial charge in [0.1, 0.15) is 16.7 Å². The van der Waals surface area contributed by atoms with E-state index in [2.05, 4.69) is 9.71 Å². The minimum absolute atomic E-state index is 0.191. The number of nitrogens with one attached hydrogen (secondary N) is 1. The van der Waals surface area contributed by atoms with Gasteiger partial charge in [-0.25, -0.2) is 0 Å². The molecule has 28 heavy (non-hydrogen) atoms. The smallest absolute Gasteiger partial charge is 0.285 e. The minimum atomic E-state index is -3.72. The summed E-state index contributed by atoms with van der Waals surface area (Å²) in [6.45, 7) is 2.51. The summed E-state index contributed by atoms with van der Waals surface area (Å²) in [5.74, 6) is 0.727. The molecular formula is C20H21N3O4S. The maximum Gasteiger partial charge on any atom is 0.285 e. The second-order valence-corrected chi connectivity index (χ2v) is 8.50. The van der Waals surface area contributed by atoms with Crippen molar-refractivity contribution in [3.63, 3.8) is 0 Å². The van der Waals surface area contributed by atoms with Crippen LogP contribution in [0.1, 0.15) is 24.0 Å². The van der Waals surface area contributed by atoms with Gasteiger partial charge in [-0.2, -0.15) is 8.42 Å². The lowest BCUT2D eigenvalue weighted by molar-refractivity contribution is -0.119. The average Bonchev–Trinajstić information content (AvgIpc) is 3.25. The number of anilines is 1. The molecule has 0 saturated carbocycles. The van der Waals surface area contributed by atoms with Crippen molar-refractivity contribution in [2.75, 3.05) is 19.0 Å². The number of nitrogens with zero attached hydrogens (tertiary/aromatic N) is 2. The lowest BCUT2D eigenvalue weighted by atomic mass is 10.1. The van der Waals surface area contributed by atoms with Crippen LogP contribution in [0.25, 0.3) is 0 Å². The van der Waals surface area contributed by atoms with Crippen molar-refractivity contribution in [2.45, 2.75) is 30.7 Å². The summed E-state index contributed by atoms with van der Waals surface area (Å²) in [4.78, 5) is 15.0. The number of carbonyl (C=O) groups excluding carboxylic acids is 1. The Morgan fingerprint density at radius 1 is 1.25 bits per heavy atom. The quantitative estimate of drug-likeness (QED) is 0.857. The first-order valence-electron chi connectivity index (χ1n) is 9.07. The van der Waals surface area contributed by atoms with Gasteiger partial charge in [-0.3, -0.25) is 4.79 Å². The number of likely N-dealkylation sites (tertiary alicyclic amines) is 1. The Bertz CT molecular complexity index is 1080. The van der Waals surface area contributed by atoms with Gasteiger partial charge in [0.15, 0.2) is 5.84 Å². The molecular weight excluding hydrogens is 378 g/mol. The van der Waals surface area contributed by atoms with Crippen molar-refractivity contribution in [3.8, 4) is 5.75 Å². The van der Waals surface area contributed by atoms with Crippen LogP contribution in [0.3, 0.4) is 0 Å². The van der Waals surface area contributed by atoms with Crippen LogP contribution in [0.4, 0.5) is 5.69 Å². The van der Waals surface area contributed by atoms with Crippen molar-refractivity contribution in [1.82, 2.24) is 4.90 Å². The van der Waals surface area contributed by atoms with Crippen molar-refractivity contribution in [1.29, 1.82) is 0 Å². The SMILES string of the molecule is COc1ccc(C)cc1NC(=O)[C@@H]1CCCN1C1=NS(=O)(=O)c2ccccc21. The number of hydrogen-bond donors (Lipinski definition) is 1. The Labute approximate surface area is 164 Å². The van der Waals surface area contributed by atoms with Crippen LogP contribution in [0, 0.1) is 6.92 Å². The lowest BCUT2D eigenvalue weighted by Gasteiger charge is -2.26. The molecule has 0 aromatic heterocycles. The van der Waals surface area contributed by atoms with E-state index in [1.807, 2.05) is 19.1 Å². The highest BCUT2D eigenvalue weighted by Crippen LogP contribution is 2.32. The van der Waals surface area contributed by atoms with E-state index in [9.17, 15) is 13.2 Å². The standard InChI is InChI=1S/C20H21N3O4S/c1-13-9-10-17(27-2)15(12-13)21-20(24)16-7-5-11-23(16)19-14-6-3-4-8-18(14)28(25,26)22-19/h3-4,6,8-10,12,16H,5,7,11H2,1-2H3,(H,21,24)/t16-/m0/s1. The molecule has 1 saturated heterocycles. The summed E-state index contributed by atoms with van der Waals surface area (Å²) < 4.78 is 34.1. The maximum absolute atomic E-state index is 13.0. The van der Waals surface area contributed by atoms with E-state index in [-0.39, 0.29) is 10.8 Å². The molecule has 2 aliphatic heterocycles.